The number of unbranched alkanes of at least 4 members (excludes halogenated alkanes) is 8. The number of aliphatic carboxylic acids is 1. The summed E-state index contributed by atoms with van der Waals surface area (Å²) in [5.74, 6) is 4.31. The molecule has 0 aromatic carbocycles. The Labute approximate surface area is 115 Å². The van der Waals surface area contributed by atoms with Crippen LogP contribution in [0.4, 0.5) is 0 Å². The van der Waals surface area contributed by atoms with E-state index in [1.165, 1.54) is 32.1 Å². The van der Waals surface area contributed by atoms with Gasteiger partial charge in [0.2, 0.25) is 0 Å². The van der Waals surface area contributed by atoms with Crippen molar-refractivity contribution in [2.75, 3.05) is 6.54 Å². The Kier molecular flexibility index (Phi) is 14.7. The molecule has 0 radical (unpaired) electrons. The van der Waals surface area contributed by atoms with Crippen molar-refractivity contribution in [1.82, 2.24) is 22.0 Å². The first-order valence-corrected chi connectivity index (χ1v) is 7.17. The first-order valence-electron chi connectivity index (χ1n) is 7.17. The van der Waals surface area contributed by atoms with Crippen molar-refractivity contribution in [3.8, 4) is 0 Å². The maximum Gasteiger partial charge on any atom is 0.303 e. The molecule has 0 unspecified atom stereocenters. The number of nitrogens with one attached hydrogen (secondary N) is 4. The standard InChI is InChI=1S/C12H29N5O2/c13-15-17-16-14-11-9-7-5-3-1-2-4-6-8-10-12(18)19/h14-17H,1-11,13H2,(H,18,19). The quantitative estimate of drug-likeness (QED) is 0.150. The van der Waals surface area contributed by atoms with Gasteiger partial charge in [0, 0.05) is 13.0 Å². The Morgan fingerprint density at radius 3 is 1.89 bits per heavy atom. The van der Waals surface area contributed by atoms with Crippen molar-refractivity contribution >= 4 is 5.97 Å². The molecule has 0 saturated heterocycles. The molecule has 0 rings (SSSR count). The van der Waals surface area contributed by atoms with E-state index < -0.39 is 5.97 Å². The summed E-state index contributed by atoms with van der Waals surface area (Å²) >= 11 is 0. The van der Waals surface area contributed by atoms with Crippen molar-refractivity contribution in [2.45, 2.75) is 64.2 Å². The van der Waals surface area contributed by atoms with Crippen LogP contribution >= 0.6 is 0 Å². The molecule has 0 aliphatic heterocycles. The first kappa shape index (κ1) is 18.3. The Morgan fingerprint density at radius 1 is 0.842 bits per heavy atom. The van der Waals surface area contributed by atoms with Gasteiger partial charge in [-0.15, -0.1) is 0 Å². The lowest BCUT2D eigenvalue weighted by atomic mass is 10.1. The van der Waals surface area contributed by atoms with Crippen molar-refractivity contribution in [2.24, 2.45) is 5.84 Å². The molecule has 0 heterocycles. The molecule has 7 nitrogen and oxygen atoms in total. The van der Waals surface area contributed by atoms with Gasteiger partial charge in [0.25, 0.3) is 0 Å². The fraction of sp³-hybridized carbons (Fsp3) is 0.917. The average Bonchev–Trinajstić information content (AvgIpc) is 2.39. The maximum atomic E-state index is 10.3. The molecule has 0 aliphatic rings. The molecule has 0 aromatic heterocycles. The SMILES string of the molecule is NNNNNCCCCCCCCCCCC(=O)O. The van der Waals surface area contributed by atoms with Gasteiger partial charge in [-0.1, -0.05) is 44.9 Å². The van der Waals surface area contributed by atoms with Crippen molar-refractivity contribution < 1.29 is 9.90 Å². The molecule has 0 atom stereocenters. The van der Waals surface area contributed by atoms with E-state index in [0.29, 0.717) is 6.42 Å². The summed E-state index contributed by atoms with van der Waals surface area (Å²) in [5.41, 5.74) is 10.4. The lowest BCUT2D eigenvalue weighted by Gasteiger charge is -2.06. The van der Waals surface area contributed by atoms with Crippen LogP contribution in [-0.4, -0.2) is 17.6 Å². The summed E-state index contributed by atoms with van der Waals surface area (Å²) in [7, 11) is 0. The largest absolute Gasteiger partial charge is 0.481 e. The number of hydrogen-bond acceptors (Lipinski definition) is 6. The minimum absolute atomic E-state index is 0.315. The van der Waals surface area contributed by atoms with Crippen LogP contribution in [-0.2, 0) is 4.79 Å². The zero-order valence-electron chi connectivity index (χ0n) is 11.7. The second-order valence-corrected chi connectivity index (χ2v) is 4.65. The number of carboxylic acids is 1. The predicted octanol–water partition coefficient (Wildman–Crippen LogP) is 0.949. The van der Waals surface area contributed by atoms with E-state index in [1.54, 1.807) is 0 Å². The smallest absolute Gasteiger partial charge is 0.303 e. The number of nitrogens with two attached hydrogens (primary N) is 1. The van der Waals surface area contributed by atoms with Crippen LogP contribution in [0.25, 0.3) is 0 Å². The molecule has 0 bridgehead atoms. The van der Waals surface area contributed by atoms with E-state index in [1.807, 2.05) is 0 Å². The molecular weight excluding hydrogens is 246 g/mol. The number of rotatable bonds is 15. The topological polar surface area (TPSA) is 111 Å². The lowest BCUT2D eigenvalue weighted by molar-refractivity contribution is -0.137. The van der Waals surface area contributed by atoms with Gasteiger partial charge >= 0.3 is 5.97 Å². The van der Waals surface area contributed by atoms with Gasteiger partial charge in [-0.3, -0.25) is 10.6 Å². The van der Waals surface area contributed by atoms with Crippen LogP contribution in [0, 0.1) is 0 Å². The van der Waals surface area contributed by atoms with E-state index in [0.717, 1.165) is 32.2 Å². The van der Waals surface area contributed by atoms with E-state index in [9.17, 15) is 4.79 Å². The van der Waals surface area contributed by atoms with Crippen LogP contribution in [0.2, 0.25) is 0 Å². The summed E-state index contributed by atoms with van der Waals surface area (Å²) < 4.78 is 0. The molecule has 0 aromatic rings. The maximum absolute atomic E-state index is 10.3. The average molecular weight is 275 g/mol. The summed E-state index contributed by atoms with van der Waals surface area (Å²) in [6.07, 6.45) is 10.7. The Balaban J connectivity index is 2.93. The molecule has 0 aliphatic carbocycles. The van der Waals surface area contributed by atoms with E-state index in [4.69, 9.17) is 10.9 Å². The lowest BCUT2D eigenvalue weighted by Crippen LogP contribution is -2.53. The zero-order valence-corrected chi connectivity index (χ0v) is 11.7. The number of carbonyl (C=O) groups is 1. The third kappa shape index (κ3) is 17.3. The molecular formula is C12H29N5O2. The highest BCUT2D eigenvalue weighted by molar-refractivity contribution is 5.66. The number of hydrazine groups is 4. The number of hydrogen-bond donors (Lipinski definition) is 6. The fourth-order valence-corrected chi connectivity index (χ4v) is 1.87. The molecule has 114 valence electrons. The Hall–Kier alpha value is -0.730. The molecule has 7 N–H and O–H groups in total. The van der Waals surface area contributed by atoms with Gasteiger partial charge in [0.15, 0.2) is 0 Å². The van der Waals surface area contributed by atoms with Crippen LogP contribution in [0.3, 0.4) is 0 Å². The highest BCUT2D eigenvalue weighted by Gasteiger charge is 1.96. The first-order chi connectivity index (χ1) is 9.27. The normalized spacial score (nSPS) is 10.8. The molecule has 19 heavy (non-hydrogen) atoms. The monoisotopic (exact) mass is 275 g/mol. The summed E-state index contributed by atoms with van der Waals surface area (Å²) in [6.45, 7) is 0.907. The van der Waals surface area contributed by atoms with Gasteiger partial charge < -0.3 is 5.11 Å². The molecule has 7 heteroatoms. The van der Waals surface area contributed by atoms with Crippen LogP contribution in [0.15, 0.2) is 0 Å². The molecule has 0 spiro atoms. The highest BCUT2D eigenvalue weighted by Crippen LogP contribution is 2.10. The van der Waals surface area contributed by atoms with Crippen LogP contribution in [0.1, 0.15) is 64.2 Å². The van der Waals surface area contributed by atoms with Crippen molar-refractivity contribution in [3.05, 3.63) is 0 Å². The Bertz CT molecular complexity index is 205. The van der Waals surface area contributed by atoms with Gasteiger partial charge in [0.1, 0.15) is 0 Å². The molecule has 0 saturated carbocycles. The Morgan fingerprint density at radius 2 is 1.37 bits per heavy atom. The van der Waals surface area contributed by atoms with Gasteiger partial charge in [0.05, 0.1) is 0 Å². The number of carboxylic acid groups (broad SMARTS) is 1. The summed E-state index contributed by atoms with van der Waals surface area (Å²) in [4.78, 5) is 10.3. The van der Waals surface area contributed by atoms with Crippen LogP contribution < -0.4 is 27.9 Å². The van der Waals surface area contributed by atoms with Gasteiger partial charge in [-0.25, -0.2) is 5.43 Å². The predicted molar refractivity (Wildman–Crippen MR) is 75.4 cm³/mol. The van der Waals surface area contributed by atoms with Crippen molar-refractivity contribution in [1.29, 1.82) is 0 Å². The second-order valence-electron chi connectivity index (χ2n) is 4.65. The second kappa shape index (κ2) is 15.3. The third-order valence-electron chi connectivity index (χ3n) is 2.92. The highest BCUT2D eigenvalue weighted by atomic mass is 16.4. The van der Waals surface area contributed by atoms with Gasteiger partial charge in [-0.05, 0) is 12.8 Å². The van der Waals surface area contributed by atoms with E-state index in [2.05, 4.69) is 22.0 Å². The minimum atomic E-state index is -0.680. The summed E-state index contributed by atoms with van der Waals surface area (Å²) in [5, 5.41) is 8.48. The summed E-state index contributed by atoms with van der Waals surface area (Å²) in [6, 6.07) is 0. The zero-order chi connectivity index (χ0) is 14.2. The van der Waals surface area contributed by atoms with E-state index in [-0.39, 0.29) is 0 Å². The molecule has 0 amide bonds. The van der Waals surface area contributed by atoms with E-state index >= 15 is 0 Å². The third-order valence-corrected chi connectivity index (χ3v) is 2.92. The van der Waals surface area contributed by atoms with Crippen molar-refractivity contribution in [3.63, 3.8) is 0 Å². The van der Waals surface area contributed by atoms with Gasteiger partial charge in [-0.2, -0.15) is 16.6 Å². The van der Waals surface area contributed by atoms with Crippen LogP contribution in [0.5, 0.6) is 0 Å². The minimum Gasteiger partial charge on any atom is -0.481 e. The molecule has 0 fully saturated rings. The fourth-order valence-electron chi connectivity index (χ4n) is 1.87.